The van der Waals surface area contributed by atoms with Crippen LogP contribution in [-0.4, -0.2) is 46.3 Å². The molecule has 1 aliphatic rings. The number of hydrogen-bond acceptors (Lipinski definition) is 4. The number of halogens is 1. The lowest BCUT2D eigenvalue weighted by Crippen LogP contribution is -2.46. The predicted octanol–water partition coefficient (Wildman–Crippen LogP) is 1.71. The van der Waals surface area contributed by atoms with Crippen molar-refractivity contribution < 1.29 is 4.79 Å². The standard InChI is InChI=1S/C16H29N5O.ClH/c1-13(2)21-12-14(9-19-21)11-20-8-4-3-5-15(20)10-18-16(22)6-7-17;/h9,12-13,15H,3-8,10-11,17H2,1-2H3,(H,18,22);1H. The van der Waals surface area contributed by atoms with Crippen molar-refractivity contribution in [3.05, 3.63) is 18.0 Å². The third kappa shape index (κ3) is 6.12. The molecular weight excluding hydrogens is 314 g/mol. The van der Waals surface area contributed by atoms with E-state index < -0.39 is 0 Å². The normalized spacial score (nSPS) is 18.7. The molecule has 0 aliphatic carbocycles. The number of nitrogens with two attached hydrogens (primary N) is 1. The Bertz CT molecular complexity index is 477. The molecule has 1 amide bonds. The van der Waals surface area contributed by atoms with Crippen LogP contribution in [0.15, 0.2) is 12.4 Å². The van der Waals surface area contributed by atoms with Crippen LogP contribution < -0.4 is 11.1 Å². The summed E-state index contributed by atoms with van der Waals surface area (Å²) in [6.45, 7) is 7.39. The van der Waals surface area contributed by atoms with Crippen molar-refractivity contribution in [1.29, 1.82) is 0 Å². The first-order valence-corrected chi connectivity index (χ1v) is 8.34. The van der Waals surface area contributed by atoms with Crippen LogP contribution in [0.4, 0.5) is 0 Å². The maximum atomic E-state index is 11.6. The van der Waals surface area contributed by atoms with Crippen LogP contribution in [0.5, 0.6) is 0 Å². The summed E-state index contributed by atoms with van der Waals surface area (Å²) in [4.78, 5) is 14.1. The molecule has 1 unspecified atom stereocenters. The summed E-state index contributed by atoms with van der Waals surface area (Å²) in [5.41, 5.74) is 6.66. The zero-order valence-corrected chi connectivity index (χ0v) is 15.0. The number of hydrogen-bond donors (Lipinski definition) is 2. The summed E-state index contributed by atoms with van der Waals surface area (Å²) < 4.78 is 2.00. The molecule has 1 aromatic heterocycles. The first-order chi connectivity index (χ1) is 10.6. The molecule has 0 aromatic carbocycles. The average molecular weight is 344 g/mol. The van der Waals surface area contributed by atoms with Crippen LogP contribution in [0.3, 0.4) is 0 Å². The lowest BCUT2D eigenvalue weighted by Gasteiger charge is -2.35. The summed E-state index contributed by atoms with van der Waals surface area (Å²) in [6.07, 6.45) is 8.10. The number of amides is 1. The minimum absolute atomic E-state index is 0. The molecule has 0 radical (unpaired) electrons. The van der Waals surface area contributed by atoms with E-state index in [0.29, 0.717) is 25.0 Å². The molecule has 0 saturated carbocycles. The highest BCUT2D eigenvalue weighted by Gasteiger charge is 2.23. The second kappa shape index (κ2) is 9.90. The second-order valence-electron chi connectivity index (χ2n) is 6.39. The van der Waals surface area contributed by atoms with E-state index in [4.69, 9.17) is 5.73 Å². The highest BCUT2D eigenvalue weighted by atomic mass is 35.5. The number of rotatable bonds is 7. The van der Waals surface area contributed by atoms with Crippen molar-refractivity contribution in [3.63, 3.8) is 0 Å². The van der Waals surface area contributed by atoms with E-state index in [0.717, 1.165) is 26.1 Å². The second-order valence-corrected chi connectivity index (χ2v) is 6.39. The molecule has 6 nitrogen and oxygen atoms in total. The van der Waals surface area contributed by atoms with Gasteiger partial charge in [0, 0.05) is 49.9 Å². The van der Waals surface area contributed by atoms with Gasteiger partial charge in [0.25, 0.3) is 0 Å². The Hall–Kier alpha value is -1.11. The van der Waals surface area contributed by atoms with Gasteiger partial charge >= 0.3 is 0 Å². The summed E-state index contributed by atoms with van der Waals surface area (Å²) in [7, 11) is 0. The van der Waals surface area contributed by atoms with Gasteiger partial charge in [-0.3, -0.25) is 14.4 Å². The summed E-state index contributed by atoms with van der Waals surface area (Å²) in [5, 5.41) is 7.42. The highest BCUT2D eigenvalue weighted by Crippen LogP contribution is 2.19. The minimum Gasteiger partial charge on any atom is -0.354 e. The largest absolute Gasteiger partial charge is 0.354 e. The van der Waals surface area contributed by atoms with Crippen molar-refractivity contribution in [1.82, 2.24) is 20.0 Å². The third-order valence-electron chi connectivity index (χ3n) is 4.23. The molecule has 1 aliphatic heterocycles. The number of carbonyl (C=O) groups is 1. The van der Waals surface area contributed by atoms with E-state index in [1.807, 2.05) is 10.9 Å². The van der Waals surface area contributed by atoms with Crippen molar-refractivity contribution >= 4 is 18.3 Å². The fourth-order valence-corrected chi connectivity index (χ4v) is 2.93. The Balaban J connectivity index is 0.00000264. The molecule has 0 spiro atoms. The maximum absolute atomic E-state index is 11.6. The smallest absolute Gasteiger partial charge is 0.221 e. The Labute approximate surface area is 145 Å². The van der Waals surface area contributed by atoms with E-state index in [9.17, 15) is 4.79 Å². The number of likely N-dealkylation sites (tertiary alicyclic amines) is 1. The van der Waals surface area contributed by atoms with Gasteiger partial charge in [-0.1, -0.05) is 6.42 Å². The van der Waals surface area contributed by atoms with Crippen LogP contribution in [0.1, 0.15) is 51.1 Å². The van der Waals surface area contributed by atoms with Gasteiger partial charge in [0.05, 0.1) is 6.20 Å². The molecule has 132 valence electrons. The summed E-state index contributed by atoms with van der Waals surface area (Å²) >= 11 is 0. The minimum atomic E-state index is 0. The molecule has 23 heavy (non-hydrogen) atoms. The molecule has 1 fully saturated rings. The number of aromatic nitrogens is 2. The topological polar surface area (TPSA) is 76.2 Å². The number of piperidine rings is 1. The highest BCUT2D eigenvalue weighted by molar-refractivity contribution is 5.85. The zero-order chi connectivity index (χ0) is 15.9. The maximum Gasteiger partial charge on any atom is 0.221 e. The zero-order valence-electron chi connectivity index (χ0n) is 14.2. The Morgan fingerprint density at radius 3 is 2.91 bits per heavy atom. The Morgan fingerprint density at radius 2 is 2.26 bits per heavy atom. The van der Waals surface area contributed by atoms with Gasteiger partial charge in [-0.2, -0.15) is 5.10 Å². The van der Waals surface area contributed by atoms with Crippen molar-refractivity contribution in [2.45, 2.75) is 58.2 Å². The van der Waals surface area contributed by atoms with Gasteiger partial charge in [0.2, 0.25) is 5.91 Å². The van der Waals surface area contributed by atoms with Crippen LogP contribution in [0.2, 0.25) is 0 Å². The van der Waals surface area contributed by atoms with E-state index in [1.165, 1.54) is 18.4 Å². The summed E-state index contributed by atoms with van der Waals surface area (Å²) in [5.74, 6) is 0.0562. The molecule has 2 heterocycles. The van der Waals surface area contributed by atoms with Gasteiger partial charge in [-0.15, -0.1) is 12.4 Å². The third-order valence-corrected chi connectivity index (χ3v) is 4.23. The van der Waals surface area contributed by atoms with Gasteiger partial charge in [-0.05, 0) is 33.2 Å². The van der Waals surface area contributed by atoms with E-state index in [2.05, 4.69) is 35.4 Å². The first kappa shape index (κ1) is 19.9. The van der Waals surface area contributed by atoms with Crippen molar-refractivity contribution in [2.75, 3.05) is 19.6 Å². The molecule has 0 bridgehead atoms. The number of nitrogens with zero attached hydrogens (tertiary/aromatic N) is 3. The Kier molecular flexibility index (Phi) is 8.58. The summed E-state index contributed by atoms with van der Waals surface area (Å²) in [6, 6.07) is 0.805. The van der Waals surface area contributed by atoms with Gasteiger partial charge in [0.1, 0.15) is 0 Å². The van der Waals surface area contributed by atoms with E-state index in [1.54, 1.807) is 0 Å². The molecule has 1 saturated heterocycles. The fourth-order valence-electron chi connectivity index (χ4n) is 2.93. The molecule has 2 rings (SSSR count). The molecule has 1 aromatic rings. The van der Waals surface area contributed by atoms with Crippen LogP contribution in [-0.2, 0) is 11.3 Å². The molecule has 7 heteroatoms. The Morgan fingerprint density at radius 1 is 1.48 bits per heavy atom. The van der Waals surface area contributed by atoms with Gasteiger partial charge in [-0.25, -0.2) is 0 Å². The number of carbonyl (C=O) groups excluding carboxylic acids is 1. The molecule has 1 atom stereocenters. The van der Waals surface area contributed by atoms with Crippen LogP contribution in [0.25, 0.3) is 0 Å². The fraction of sp³-hybridized carbons (Fsp3) is 0.750. The lowest BCUT2D eigenvalue weighted by atomic mass is 10.0. The average Bonchev–Trinajstić information content (AvgIpc) is 2.95. The van der Waals surface area contributed by atoms with Gasteiger partial charge in [0.15, 0.2) is 0 Å². The number of nitrogens with one attached hydrogen (secondary N) is 1. The van der Waals surface area contributed by atoms with Gasteiger partial charge < -0.3 is 11.1 Å². The van der Waals surface area contributed by atoms with E-state index in [-0.39, 0.29) is 18.3 Å². The quantitative estimate of drug-likeness (QED) is 0.790. The van der Waals surface area contributed by atoms with Crippen molar-refractivity contribution in [2.24, 2.45) is 5.73 Å². The van der Waals surface area contributed by atoms with Crippen LogP contribution >= 0.6 is 12.4 Å². The lowest BCUT2D eigenvalue weighted by molar-refractivity contribution is -0.121. The van der Waals surface area contributed by atoms with Crippen LogP contribution in [0, 0.1) is 0 Å². The predicted molar refractivity (Wildman–Crippen MR) is 94.6 cm³/mol. The monoisotopic (exact) mass is 343 g/mol. The SMILES string of the molecule is CC(C)n1cc(CN2CCCCC2CNC(=O)CCN)cn1.Cl. The van der Waals surface area contributed by atoms with E-state index >= 15 is 0 Å². The van der Waals surface area contributed by atoms with Crippen molar-refractivity contribution in [3.8, 4) is 0 Å². The first-order valence-electron chi connectivity index (χ1n) is 8.34. The molecular formula is C16H30ClN5O. The molecule has 3 N–H and O–H groups in total.